The van der Waals surface area contributed by atoms with Crippen molar-refractivity contribution < 1.29 is 26.7 Å². The van der Waals surface area contributed by atoms with E-state index in [-0.39, 0.29) is 10.6 Å². The Hall–Kier alpha value is -2.10. The number of nitrogens with zero attached hydrogens (tertiary/aromatic N) is 2. The van der Waals surface area contributed by atoms with Crippen molar-refractivity contribution in [1.82, 2.24) is 9.59 Å². The first-order chi connectivity index (χ1) is 9.84. The fourth-order valence-corrected chi connectivity index (χ4v) is 2.05. The average molecular weight is 323 g/mol. The second-order valence-corrected chi connectivity index (χ2v) is 4.56. The number of rotatable bonds is 3. The van der Waals surface area contributed by atoms with Crippen LogP contribution in [-0.2, 0) is 12.9 Å². The number of amides is 1. The third kappa shape index (κ3) is 3.15. The topological polar surface area (TPSA) is 54.9 Å². The predicted molar refractivity (Wildman–Crippen MR) is 64.1 cm³/mol. The van der Waals surface area contributed by atoms with Gasteiger partial charge in [-0.1, -0.05) is 10.6 Å². The Bertz CT molecular complexity index is 670. The molecule has 1 heterocycles. The average Bonchev–Trinajstić information content (AvgIpc) is 2.88. The van der Waals surface area contributed by atoms with E-state index in [1.807, 2.05) is 5.32 Å². The van der Waals surface area contributed by atoms with Gasteiger partial charge in [0.1, 0.15) is 17.2 Å². The van der Waals surface area contributed by atoms with Crippen molar-refractivity contribution >= 4 is 23.1 Å². The minimum absolute atomic E-state index is 0.227. The minimum atomic E-state index is -4.89. The second kappa shape index (κ2) is 5.72. The summed E-state index contributed by atoms with van der Waals surface area (Å²) in [6.45, 7) is -1.07. The van der Waals surface area contributed by atoms with Crippen LogP contribution < -0.4 is 5.32 Å². The maximum absolute atomic E-state index is 13.7. The van der Waals surface area contributed by atoms with Crippen molar-refractivity contribution in [2.45, 2.75) is 12.9 Å². The van der Waals surface area contributed by atoms with Crippen LogP contribution in [0, 0.1) is 5.82 Å². The summed E-state index contributed by atoms with van der Waals surface area (Å²) < 4.78 is 67.2. The second-order valence-electron chi connectivity index (χ2n) is 3.80. The monoisotopic (exact) mass is 323 g/mol. The number of nitrogens with one attached hydrogen (secondary N) is 1. The first-order valence-electron chi connectivity index (χ1n) is 5.39. The normalized spacial score (nSPS) is 11.5. The van der Waals surface area contributed by atoms with E-state index in [1.165, 1.54) is 0 Å². The Balaban J connectivity index is 2.30. The Labute approximate surface area is 118 Å². The molecule has 0 fully saturated rings. The third-order valence-corrected chi connectivity index (χ3v) is 3.21. The van der Waals surface area contributed by atoms with Crippen LogP contribution >= 0.6 is 11.5 Å². The highest BCUT2D eigenvalue weighted by Crippen LogP contribution is 2.34. The molecule has 1 aromatic heterocycles. The van der Waals surface area contributed by atoms with Crippen molar-refractivity contribution in [3.63, 3.8) is 0 Å². The molecule has 1 amide bonds. The molecule has 1 aromatic carbocycles. The summed E-state index contributed by atoms with van der Waals surface area (Å²) >= 11 is 0.559. The van der Waals surface area contributed by atoms with Gasteiger partial charge in [-0.2, -0.15) is 13.2 Å². The SMILES string of the molecule is O=C(Nc1cccc(C(F)(F)F)c1F)c1snnc1CF. The van der Waals surface area contributed by atoms with Crippen LogP contribution in [0.3, 0.4) is 0 Å². The lowest BCUT2D eigenvalue weighted by Crippen LogP contribution is -2.16. The summed E-state index contributed by atoms with van der Waals surface area (Å²) in [6.07, 6.45) is -4.89. The van der Waals surface area contributed by atoms with Gasteiger partial charge in [0.2, 0.25) is 0 Å². The van der Waals surface area contributed by atoms with E-state index in [1.54, 1.807) is 0 Å². The van der Waals surface area contributed by atoms with E-state index in [9.17, 15) is 26.7 Å². The van der Waals surface area contributed by atoms with Crippen molar-refractivity contribution in [1.29, 1.82) is 0 Å². The van der Waals surface area contributed by atoms with Crippen molar-refractivity contribution in [3.8, 4) is 0 Å². The van der Waals surface area contributed by atoms with E-state index in [4.69, 9.17) is 0 Å². The standard InChI is InChI=1S/C11H6F5N3OS/c12-4-7-9(21-19-18-7)10(20)17-6-3-1-2-5(8(6)13)11(14,15)16/h1-3H,4H2,(H,17,20). The van der Waals surface area contributed by atoms with E-state index in [0.29, 0.717) is 17.6 Å². The van der Waals surface area contributed by atoms with Gasteiger partial charge in [0.05, 0.1) is 11.3 Å². The maximum atomic E-state index is 13.7. The van der Waals surface area contributed by atoms with Gasteiger partial charge in [-0.25, -0.2) is 8.78 Å². The van der Waals surface area contributed by atoms with Crippen LogP contribution in [-0.4, -0.2) is 15.5 Å². The number of benzene rings is 1. The molecule has 0 bridgehead atoms. The molecule has 0 aliphatic rings. The lowest BCUT2D eigenvalue weighted by Gasteiger charge is -2.11. The first-order valence-corrected chi connectivity index (χ1v) is 6.16. The van der Waals surface area contributed by atoms with Crippen LogP contribution in [0.25, 0.3) is 0 Å². The van der Waals surface area contributed by atoms with Crippen LogP contribution in [0.15, 0.2) is 18.2 Å². The predicted octanol–water partition coefficient (Wildman–Crippen LogP) is 3.42. The molecule has 21 heavy (non-hydrogen) atoms. The number of hydrogen-bond acceptors (Lipinski definition) is 4. The highest BCUT2D eigenvalue weighted by Gasteiger charge is 2.35. The zero-order valence-corrected chi connectivity index (χ0v) is 10.9. The smallest absolute Gasteiger partial charge is 0.319 e. The number of carbonyl (C=O) groups excluding carboxylic acids is 1. The summed E-state index contributed by atoms with van der Waals surface area (Å²) in [5.74, 6) is -2.59. The molecule has 2 rings (SSSR count). The van der Waals surface area contributed by atoms with Gasteiger partial charge in [0.15, 0.2) is 5.82 Å². The van der Waals surface area contributed by atoms with Crippen LogP contribution in [0.5, 0.6) is 0 Å². The fourth-order valence-electron chi connectivity index (χ4n) is 1.50. The zero-order chi connectivity index (χ0) is 15.6. The molecule has 10 heteroatoms. The van der Waals surface area contributed by atoms with Crippen LogP contribution in [0.4, 0.5) is 27.6 Å². The van der Waals surface area contributed by atoms with E-state index in [0.717, 1.165) is 12.1 Å². The molecule has 112 valence electrons. The molecular formula is C11H6F5N3OS. The number of halogens is 5. The van der Waals surface area contributed by atoms with E-state index < -0.39 is 35.8 Å². The Morgan fingerprint density at radius 1 is 1.33 bits per heavy atom. The summed E-state index contributed by atoms with van der Waals surface area (Å²) in [5.41, 5.74) is -2.42. The van der Waals surface area contributed by atoms with Gasteiger partial charge in [0.25, 0.3) is 5.91 Å². The number of anilines is 1. The summed E-state index contributed by atoms with van der Waals surface area (Å²) in [7, 11) is 0. The Kier molecular flexibility index (Phi) is 4.16. The molecule has 1 N–H and O–H groups in total. The molecule has 0 aliphatic carbocycles. The molecule has 2 aromatic rings. The molecule has 4 nitrogen and oxygen atoms in total. The van der Waals surface area contributed by atoms with Gasteiger partial charge >= 0.3 is 6.18 Å². The molecular weight excluding hydrogens is 317 g/mol. The summed E-state index contributed by atoms with van der Waals surface area (Å²) in [6, 6.07) is 2.46. The molecule has 0 spiro atoms. The molecule has 0 unspecified atom stereocenters. The highest BCUT2D eigenvalue weighted by atomic mass is 32.1. The molecule has 0 atom stereocenters. The number of hydrogen-bond donors (Lipinski definition) is 1. The van der Waals surface area contributed by atoms with Crippen molar-refractivity contribution in [2.24, 2.45) is 0 Å². The Morgan fingerprint density at radius 3 is 2.67 bits per heavy atom. The summed E-state index contributed by atoms with van der Waals surface area (Å²) in [4.78, 5) is 11.5. The van der Waals surface area contributed by atoms with Crippen LogP contribution in [0.1, 0.15) is 20.9 Å². The van der Waals surface area contributed by atoms with Crippen LogP contribution in [0.2, 0.25) is 0 Å². The highest BCUT2D eigenvalue weighted by molar-refractivity contribution is 7.08. The van der Waals surface area contributed by atoms with Crippen molar-refractivity contribution in [2.75, 3.05) is 5.32 Å². The van der Waals surface area contributed by atoms with E-state index >= 15 is 0 Å². The fraction of sp³-hybridized carbons (Fsp3) is 0.182. The maximum Gasteiger partial charge on any atom is 0.419 e. The quantitative estimate of drug-likeness (QED) is 0.881. The lowest BCUT2D eigenvalue weighted by atomic mass is 10.1. The van der Waals surface area contributed by atoms with E-state index in [2.05, 4.69) is 9.59 Å². The molecule has 0 aliphatic heterocycles. The van der Waals surface area contributed by atoms with Gasteiger partial charge in [-0.15, -0.1) is 5.10 Å². The molecule has 0 saturated carbocycles. The lowest BCUT2D eigenvalue weighted by molar-refractivity contribution is -0.139. The zero-order valence-electron chi connectivity index (χ0n) is 10.0. The molecule has 0 radical (unpaired) electrons. The van der Waals surface area contributed by atoms with Gasteiger partial charge in [0, 0.05) is 0 Å². The number of alkyl halides is 4. The third-order valence-electron chi connectivity index (χ3n) is 2.44. The van der Waals surface area contributed by atoms with Gasteiger partial charge in [-0.3, -0.25) is 4.79 Å². The first kappa shape index (κ1) is 15.3. The Morgan fingerprint density at radius 2 is 2.05 bits per heavy atom. The van der Waals surface area contributed by atoms with Crippen molar-refractivity contribution in [3.05, 3.63) is 40.2 Å². The van der Waals surface area contributed by atoms with Gasteiger partial charge < -0.3 is 5.32 Å². The number of aromatic nitrogens is 2. The number of carbonyl (C=O) groups is 1. The largest absolute Gasteiger partial charge is 0.419 e. The minimum Gasteiger partial charge on any atom is -0.319 e. The van der Waals surface area contributed by atoms with Gasteiger partial charge in [-0.05, 0) is 23.7 Å². The molecule has 0 saturated heterocycles. The summed E-state index contributed by atoms with van der Waals surface area (Å²) in [5, 5.41) is 5.29.